The number of fused-ring (bicyclic) bond motifs is 1. The van der Waals surface area contributed by atoms with Crippen LogP contribution in [0.1, 0.15) is 31.4 Å². The van der Waals surface area contributed by atoms with Crippen molar-refractivity contribution >= 4 is 11.6 Å². The van der Waals surface area contributed by atoms with E-state index in [2.05, 4.69) is 19.9 Å². The van der Waals surface area contributed by atoms with Crippen LogP contribution in [-0.2, 0) is 0 Å². The van der Waals surface area contributed by atoms with Crippen LogP contribution in [-0.4, -0.2) is 34.0 Å². The van der Waals surface area contributed by atoms with E-state index in [1.807, 2.05) is 30.3 Å². The van der Waals surface area contributed by atoms with Crippen molar-refractivity contribution in [1.29, 1.82) is 0 Å². The topological polar surface area (TPSA) is 46.2 Å². The largest absolute Gasteiger partial charge is 0.497 e. The Kier molecular flexibility index (Phi) is 5.22. The number of methoxy groups -OCH3 is 4. The number of hydrogen-bond acceptors (Lipinski definition) is 5. The third-order valence-corrected chi connectivity index (χ3v) is 4.61. The Morgan fingerprint density at radius 1 is 0.852 bits per heavy atom. The fourth-order valence-electron chi connectivity index (χ4n) is 3.34. The van der Waals surface area contributed by atoms with Crippen molar-refractivity contribution in [2.45, 2.75) is 25.9 Å². The predicted molar refractivity (Wildman–Crippen MR) is 106 cm³/mol. The van der Waals surface area contributed by atoms with E-state index < -0.39 is 0 Å². The van der Waals surface area contributed by atoms with Crippen molar-refractivity contribution in [1.82, 2.24) is 0 Å². The lowest BCUT2D eigenvalue weighted by molar-refractivity contribution is 0.107. The van der Waals surface area contributed by atoms with Crippen LogP contribution >= 0.6 is 0 Å². The number of ether oxygens (including phenoxy) is 5. The molecule has 5 heteroatoms. The van der Waals surface area contributed by atoms with Gasteiger partial charge in [0.25, 0.3) is 0 Å². The average Bonchev–Trinajstić information content (AvgIpc) is 2.66. The van der Waals surface area contributed by atoms with Gasteiger partial charge < -0.3 is 23.7 Å². The number of rotatable bonds is 5. The van der Waals surface area contributed by atoms with Gasteiger partial charge in [0.15, 0.2) is 0 Å². The SMILES string of the molecule is COc1ccc2c(c1)OC(C)(C)C/C2=C\c1c(OC)cc(OC)cc1OC. The molecular formula is C22H26O5. The molecule has 0 aliphatic carbocycles. The van der Waals surface area contributed by atoms with E-state index in [4.69, 9.17) is 23.7 Å². The van der Waals surface area contributed by atoms with Gasteiger partial charge in [-0.05, 0) is 37.6 Å². The van der Waals surface area contributed by atoms with Crippen molar-refractivity contribution in [3.63, 3.8) is 0 Å². The van der Waals surface area contributed by atoms with Crippen LogP contribution in [0.3, 0.4) is 0 Å². The summed E-state index contributed by atoms with van der Waals surface area (Å²) in [6.45, 7) is 4.15. The zero-order valence-corrected chi connectivity index (χ0v) is 16.7. The van der Waals surface area contributed by atoms with Crippen LogP contribution in [0.25, 0.3) is 11.6 Å². The summed E-state index contributed by atoms with van der Waals surface area (Å²) in [6, 6.07) is 9.60. The molecular weight excluding hydrogens is 344 g/mol. The van der Waals surface area contributed by atoms with E-state index in [0.29, 0.717) is 17.2 Å². The lowest BCUT2D eigenvalue weighted by Gasteiger charge is -2.34. The van der Waals surface area contributed by atoms with Gasteiger partial charge in [0.2, 0.25) is 0 Å². The van der Waals surface area contributed by atoms with Gasteiger partial charge in [-0.15, -0.1) is 0 Å². The summed E-state index contributed by atoms with van der Waals surface area (Å²) in [5, 5.41) is 0. The molecule has 0 unspecified atom stereocenters. The first-order valence-corrected chi connectivity index (χ1v) is 8.78. The van der Waals surface area contributed by atoms with Gasteiger partial charge in [-0.25, -0.2) is 0 Å². The number of benzene rings is 2. The molecule has 2 aromatic rings. The average molecular weight is 370 g/mol. The summed E-state index contributed by atoms with van der Waals surface area (Å²) in [4.78, 5) is 0. The Hall–Kier alpha value is -2.82. The van der Waals surface area contributed by atoms with E-state index in [1.165, 1.54) is 0 Å². The van der Waals surface area contributed by atoms with Crippen LogP contribution in [0.2, 0.25) is 0 Å². The molecule has 5 nitrogen and oxygen atoms in total. The Morgan fingerprint density at radius 3 is 2.04 bits per heavy atom. The molecule has 0 N–H and O–H groups in total. The second kappa shape index (κ2) is 7.43. The van der Waals surface area contributed by atoms with Crippen LogP contribution in [0, 0.1) is 0 Å². The van der Waals surface area contributed by atoms with E-state index in [9.17, 15) is 0 Å². The summed E-state index contributed by atoms with van der Waals surface area (Å²) < 4.78 is 28.1. The Balaban J connectivity index is 2.18. The maximum absolute atomic E-state index is 6.18. The lowest BCUT2D eigenvalue weighted by Crippen LogP contribution is -2.32. The standard InChI is InChI=1S/C22H26O5/c1-22(2)13-14(17-8-7-15(23-3)10-21(17)27-22)9-18-19(25-5)11-16(24-4)12-20(18)26-6/h7-12H,13H2,1-6H3/b14-9+. The fraction of sp³-hybridized carbons (Fsp3) is 0.364. The molecule has 27 heavy (non-hydrogen) atoms. The third kappa shape index (κ3) is 3.82. The minimum atomic E-state index is -0.335. The van der Waals surface area contributed by atoms with Gasteiger partial charge >= 0.3 is 0 Å². The quantitative estimate of drug-likeness (QED) is 0.755. The van der Waals surface area contributed by atoms with Crippen molar-refractivity contribution in [2.75, 3.05) is 28.4 Å². The van der Waals surface area contributed by atoms with Crippen molar-refractivity contribution in [3.05, 3.63) is 41.5 Å². The minimum Gasteiger partial charge on any atom is -0.497 e. The normalized spacial score (nSPS) is 16.3. The molecule has 3 rings (SSSR count). The van der Waals surface area contributed by atoms with Crippen molar-refractivity contribution in [3.8, 4) is 28.7 Å². The molecule has 2 aromatic carbocycles. The monoisotopic (exact) mass is 370 g/mol. The van der Waals surface area contributed by atoms with Gasteiger partial charge in [0, 0.05) is 30.2 Å². The summed E-state index contributed by atoms with van der Waals surface area (Å²) >= 11 is 0. The van der Waals surface area contributed by atoms with Crippen LogP contribution in [0.15, 0.2) is 30.3 Å². The summed E-state index contributed by atoms with van der Waals surface area (Å²) in [5.41, 5.74) is 2.72. The first kappa shape index (κ1) is 19.0. The van der Waals surface area contributed by atoms with E-state index in [1.54, 1.807) is 28.4 Å². The molecule has 0 bridgehead atoms. The maximum atomic E-state index is 6.18. The maximum Gasteiger partial charge on any atom is 0.133 e. The van der Waals surface area contributed by atoms with Crippen molar-refractivity contribution < 1.29 is 23.7 Å². The van der Waals surface area contributed by atoms with Gasteiger partial charge in [-0.3, -0.25) is 0 Å². The number of hydrogen-bond donors (Lipinski definition) is 0. The molecule has 0 radical (unpaired) electrons. The molecule has 0 spiro atoms. The molecule has 0 amide bonds. The highest BCUT2D eigenvalue weighted by molar-refractivity contribution is 5.88. The molecule has 0 fully saturated rings. The summed E-state index contributed by atoms with van der Waals surface area (Å²) in [5.74, 6) is 3.65. The van der Waals surface area contributed by atoms with Crippen LogP contribution < -0.4 is 23.7 Å². The lowest BCUT2D eigenvalue weighted by atomic mass is 9.88. The highest BCUT2D eigenvalue weighted by atomic mass is 16.5. The zero-order valence-electron chi connectivity index (χ0n) is 16.7. The highest BCUT2D eigenvalue weighted by Crippen LogP contribution is 2.45. The molecule has 1 aliphatic rings. The molecule has 0 saturated carbocycles. The highest BCUT2D eigenvalue weighted by Gasteiger charge is 2.30. The molecule has 0 saturated heterocycles. The molecule has 0 atom stereocenters. The summed E-state index contributed by atoms with van der Waals surface area (Å²) in [6.07, 6.45) is 2.86. The van der Waals surface area contributed by atoms with Gasteiger partial charge in [-0.1, -0.05) is 0 Å². The minimum absolute atomic E-state index is 0.335. The summed E-state index contributed by atoms with van der Waals surface area (Å²) in [7, 11) is 6.56. The second-order valence-corrected chi connectivity index (χ2v) is 7.02. The van der Waals surface area contributed by atoms with Crippen LogP contribution in [0.5, 0.6) is 28.7 Å². The van der Waals surface area contributed by atoms with Crippen LogP contribution in [0.4, 0.5) is 0 Å². The first-order chi connectivity index (χ1) is 12.9. The van der Waals surface area contributed by atoms with Crippen molar-refractivity contribution in [2.24, 2.45) is 0 Å². The second-order valence-electron chi connectivity index (χ2n) is 7.02. The molecule has 1 heterocycles. The smallest absolute Gasteiger partial charge is 0.133 e. The Labute approximate surface area is 160 Å². The van der Waals surface area contributed by atoms with Gasteiger partial charge in [-0.2, -0.15) is 0 Å². The first-order valence-electron chi connectivity index (χ1n) is 8.78. The molecule has 0 aromatic heterocycles. The van der Waals surface area contributed by atoms with E-state index in [-0.39, 0.29) is 5.60 Å². The van der Waals surface area contributed by atoms with E-state index >= 15 is 0 Å². The zero-order chi connectivity index (χ0) is 19.6. The molecule has 1 aliphatic heterocycles. The fourth-order valence-corrected chi connectivity index (χ4v) is 3.34. The Bertz CT molecular complexity index is 842. The van der Waals surface area contributed by atoms with Gasteiger partial charge in [0.1, 0.15) is 34.3 Å². The third-order valence-electron chi connectivity index (χ3n) is 4.61. The Morgan fingerprint density at radius 2 is 1.48 bits per heavy atom. The van der Waals surface area contributed by atoms with Gasteiger partial charge in [0.05, 0.1) is 34.0 Å². The molecule has 144 valence electrons. The predicted octanol–water partition coefficient (Wildman–Crippen LogP) is 4.82. The van der Waals surface area contributed by atoms with E-state index in [0.717, 1.165) is 34.6 Å².